The lowest BCUT2D eigenvalue weighted by molar-refractivity contribution is 0.348. The minimum absolute atomic E-state index is 0.245. The molecule has 86 valence electrons. The van der Waals surface area contributed by atoms with Crippen molar-refractivity contribution in [2.75, 3.05) is 6.67 Å². The fourth-order valence-corrected chi connectivity index (χ4v) is 2.90. The predicted octanol–water partition coefficient (Wildman–Crippen LogP) is 1.05. The van der Waals surface area contributed by atoms with Crippen LogP contribution in [-0.2, 0) is 12.8 Å². The Balaban J connectivity index is 1.94. The lowest BCUT2D eigenvalue weighted by Gasteiger charge is -2.27. The lowest BCUT2D eigenvalue weighted by Crippen LogP contribution is -2.45. The predicted molar refractivity (Wildman–Crippen MR) is 66.4 cm³/mol. The van der Waals surface area contributed by atoms with Gasteiger partial charge in [-0.3, -0.25) is 10.00 Å². The van der Waals surface area contributed by atoms with Gasteiger partial charge in [-0.25, -0.2) is 0 Å². The zero-order chi connectivity index (χ0) is 11.1. The molecule has 0 aromatic carbocycles. The van der Waals surface area contributed by atoms with E-state index in [4.69, 9.17) is 12.2 Å². The SMILES string of the molecule is Cc1nn(C2CC(=S)NCN2)c2c1CCC2. The molecule has 2 N–H and O–H groups in total. The molecule has 0 spiro atoms. The van der Waals surface area contributed by atoms with Gasteiger partial charge in [-0.2, -0.15) is 5.10 Å². The zero-order valence-electron chi connectivity index (χ0n) is 9.42. The van der Waals surface area contributed by atoms with Gasteiger partial charge in [-0.05, 0) is 31.7 Å². The molecule has 4 nitrogen and oxygen atoms in total. The van der Waals surface area contributed by atoms with E-state index < -0.39 is 0 Å². The number of thiocarbonyl (C=S) groups is 1. The van der Waals surface area contributed by atoms with E-state index in [0.717, 1.165) is 24.5 Å². The fraction of sp³-hybridized carbons (Fsp3) is 0.636. The molecule has 1 fully saturated rings. The molecular weight excluding hydrogens is 220 g/mol. The Kier molecular flexibility index (Phi) is 2.44. The average molecular weight is 236 g/mol. The first kappa shape index (κ1) is 10.2. The highest BCUT2D eigenvalue weighted by atomic mass is 32.1. The van der Waals surface area contributed by atoms with Crippen LogP contribution in [0.4, 0.5) is 0 Å². The van der Waals surface area contributed by atoms with Crippen LogP contribution in [0.25, 0.3) is 0 Å². The van der Waals surface area contributed by atoms with E-state index >= 15 is 0 Å². The Morgan fingerprint density at radius 2 is 2.31 bits per heavy atom. The molecule has 0 radical (unpaired) electrons. The van der Waals surface area contributed by atoms with Gasteiger partial charge in [0.25, 0.3) is 0 Å². The second-order valence-corrected chi connectivity index (χ2v) is 5.00. The minimum Gasteiger partial charge on any atom is -0.367 e. The summed E-state index contributed by atoms with van der Waals surface area (Å²) in [6.45, 7) is 2.86. The summed E-state index contributed by atoms with van der Waals surface area (Å²) in [5.41, 5.74) is 4.07. The summed E-state index contributed by atoms with van der Waals surface area (Å²) in [6, 6.07) is 0. The number of aryl methyl sites for hydroxylation is 1. The van der Waals surface area contributed by atoms with Crippen molar-refractivity contribution in [3.63, 3.8) is 0 Å². The Labute approximate surface area is 100 Å². The number of nitrogens with one attached hydrogen (secondary N) is 2. The molecule has 1 aliphatic carbocycles. The van der Waals surface area contributed by atoms with Gasteiger partial charge in [-0.1, -0.05) is 12.2 Å². The van der Waals surface area contributed by atoms with Crippen LogP contribution in [0, 0.1) is 6.92 Å². The third kappa shape index (κ3) is 1.55. The minimum atomic E-state index is 0.245. The zero-order valence-corrected chi connectivity index (χ0v) is 10.2. The van der Waals surface area contributed by atoms with Crippen LogP contribution in [0.5, 0.6) is 0 Å². The van der Waals surface area contributed by atoms with Crippen molar-refractivity contribution >= 4 is 17.2 Å². The van der Waals surface area contributed by atoms with Gasteiger partial charge in [0.2, 0.25) is 0 Å². The Bertz CT molecular complexity index is 437. The van der Waals surface area contributed by atoms with Gasteiger partial charge in [0, 0.05) is 12.1 Å². The number of fused-ring (bicyclic) bond motifs is 1. The van der Waals surface area contributed by atoms with Crippen molar-refractivity contribution in [2.24, 2.45) is 0 Å². The lowest BCUT2D eigenvalue weighted by atomic mass is 10.2. The van der Waals surface area contributed by atoms with Crippen molar-refractivity contribution in [2.45, 2.75) is 38.8 Å². The maximum absolute atomic E-state index is 5.23. The maximum Gasteiger partial charge on any atom is 0.109 e. The summed E-state index contributed by atoms with van der Waals surface area (Å²) in [4.78, 5) is 0.934. The third-order valence-corrected chi connectivity index (χ3v) is 3.77. The standard InChI is InChI=1S/C11H16N4S/c1-7-8-3-2-4-9(8)15(14-7)10-5-11(16)13-6-12-10/h10,12H,2-6H2,1H3,(H,13,16). The Morgan fingerprint density at radius 3 is 3.12 bits per heavy atom. The summed E-state index contributed by atoms with van der Waals surface area (Å²) in [5, 5.41) is 11.2. The molecular formula is C11H16N4S. The van der Waals surface area contributed by atoms with Crippen LogP contribution >= 0.6 is 12.2 Å². The number of nitrogens with zero attached hydrogens (tertiary/aromatic N) is 2. The van der Waals surface area contributed by atoms with Gasteiger partial charge in [0.05, 0.1) is 17.4 Å². The Morgan fingerprint density at radius 1 is 1.44 bits per heavy atom. The number of aromatic nitrogens is 2. The smallest absolute Gasteiger partial charge is 0.109 e. The number of hydrogen-bond acceptors (Lipinski definition) is 3. The van der Waals surface area contributed by atoms with Crippen LogP contribution in [0.2, 0.25) is 0 Å². The second kappa shape index (κ2) is 3.82. The second-order valence-electron chi connectivity index (χ2n) is 4.51. The molecule has 0 amide bonds. The molecule has 0 saturated carbocycles. The first-order valence-corrected chi connectivity index (χ1v) is 6.23. The molecule has 1 atom stereocenters. The highest BCUT2D eigenvalue weighted by Crippen LogP contribution is 2.27. The van der Waals surface area contributed by atoms with Crippen molar-refractivity contribution < 1.29 is 0 Å². The molecule has 1 unspecified atom stereocenters. The van der Waals surface area contributed by atoms with E-state index in [2.05, 4.69) is 27.3 Å². The van der Waals surface area contributed by atoms with Crippen molar-refractivity contribution in [3.05, 3.63) is 17.0 Å². The molecule has 1 saturated heterocycles. The molecule has 2 heterocycles. The Hall–Kier alpha value is -0.940. The van der Waals surface area contributed by atoms with Crippen molar-refractivity contribution in [3.8, 4) is 0 Å². The quantitative estimate of drug-likeness (QED) is 0.715. The average Bonchev–Trinajstić information content (AvgIpc) is 2.83. The number of rotatable bonds is 1. The monoisotopic (exact) mass is 236 g/mol. The largest absolute Gasteiger partial charge is 0.367 e. The van der Waals surface area contributed by atoms with Gasteiger partial charge in [-0.15, -0.1) is 0 Å². The third-order valence-electron chi connectivity index (χ3n) is 3.46. The van der Waals surface area contributed by atoms with E-state index in [1.54, 1.807) is 0 Å². The molecule has 5 heteroatoms. The van der Waals surface area contributed by atoms with Crippen LogP contribution in [0.1, 0.15) is 36.0 Å². The van der Waals surface area contributed by atoms with E-state index in [0.29, 0.717) is 0 Å². The summed E-state index contributed by atoms with van der Waals surface area (Å²) in [6.07, 6.45) is 4.71. The first-order valence-electron chi connectivity index (χ1n) is 5.82. The van der Waals surface area contributed by atoms with E-state index in [1.807, 2.05) is 0 Å². The summed E-state index contributed by atoms with van der Waals surface area (Å²) >= 11 is 5.23. The van der Waals surface area contributed by atoms with E-state index in [-0.39, 0.29) is 6.17 Å². The van der Waals surface area contributed by atoms with E-state index in [1.165, 1.54) is 29.8 Å². The molecule has 1 aliphatic heterocycles. The van der Waals surface area contributed by atoms with Crippen molar-refractivity contribution in [1.29, 1.82) is 0 Å². The molecule has 2 aliphatic rings. The summed E-state index contributed by atoms with van der Waals surface area (Å²) in [7, 11) is 0. The topological polar surface area (TPSA) is 41.9 Å². The van der Waals surface area contributed by atoms with Crippen molar-refractivity contribution in [1.82, 2.24) is 20.4 Å². The summed E-state index contributed by atoms with van der Waals surface area (Å²) in [5.74, 6) is 0. The first-order chi connectivity index (χ1) is 7.75. The molecule has 0 bridgehead atoms. The molecule has 1 aromatic heterocycles. The fourth-order valence-electron chi connectivity index (χ4n) is 2.67. The van der Waals surface area contributed by atoms with Crippen LogP contribution < -0.4 is 10.6 Å². The van der Waals surface area contributed by atoms with Crippen LogP contribution in [-0.4, -0.2) is 21.4 Å². The highest BCUT2D eigenvalue weighted by molar-refractivity contribution is 7.80. The molecule has 3 rings (SSSR count). The normalized spacial score (nSPS) is 24.3. The highest BCUT2D eigenvalue weighted by Gasteiger charge is 2.26. The maximum atomic E-state index is 5.23. The van der Waals surface area contributed by atoms with Gasteiger partial charge in [0.1, 0.15) is 6.17 Å². The van der Waals surface area contributed by atoms with E-state index in [9.17, 15) is 0 Å². The van der Waals surface area contributed by atoms with Gasteiger partial charge < -0.3 is 5.32 Å². The molecule has 16 heavy (non-hydrogen) atoms. The molecule has 1 aromatic rings. The van der Waals surface area contributed by atoms with Gasteiger partial charge >= 0.3 is 0 Å². The summed E-state index contributed by atoms with van der Waals surface area (Å²) < 4.78 is 2.16. The number of hydrogen-bond donors (Lipinski definition) is 2. The van der Waals surface area contributed by atoms with Gasteiger partial charge in [0.15, 0.2) is 0 Å². The van der Waals surface area contributed by atoms with Crippen LogP contribution in [0.3, 0.4) is 0 Å². The van der Waals surface area contributed by atoms with Crippen LogP contribution in [0.15, 0.2) is 0 Å².